The van der Waals surface area contributed by atoms with E-state index in [2.05, 4.69) is 0 Å². The Morgan fingerprint density at radius 3 is 2.59 bits per heavy atom. The summed E-state index contributed by atoms with van der Waals surface area (Å²) in [5, 5.41) is 31.2. The molecule has 3 aromatic rings. The molecule has 2 aromatic carbocycles. The maximum atomic E-state index is 13.8. The summed E-state index contributed by atoms with van der Waals surface area (Å²) in [5.41, 5.74) is 6.26. The van der Waals surface area contributed by atoms with Gasteiger partial charge in [-0.3, -0.25) is 4.98 Å². The van der Waals surface area contributed by atoms with E-state index in [4.69, 9.17) is 9.72 Å². The molecule has 1 fully saturated rings. The minimum atomic E-state index is -1.37. The standard InChI is InChI=1S/C29H28FNO5.Na/c30-19-9-7-17(8-10-19)27-23(12-11-20(32)15-21(33)16-26(34)35)28(18-5-6-18)31-29-22-3-1-2-4-25(22)36-14-13-24(27)29;/h1-4,7-12,18,20-21,32-33H,5-6,13-16H2,(H,34,35);/q;+1/p-1/b12-11+;. The Bertz CT molecular complexity index is 1310. The number of pyridine rings is 1. The summed E-state index contributed by atoms with van der Waals surface area (Å²) in [4.78, 5) is 15.9. The minimum absolute atomic E-state index is 0. The summed E-state index contributed by atoms with van der Waals surface area (Å²) < 4.78 is 19.9. The van der Waals surface area contributed by atoms with Crippen LogP contribution in [0.5, 0.6) is 5.75 Å². The molecule has 1 saturated carbocycles. The van der Waals surface area contributed by atoms with E-state index in [-0.39, 0.29) is 47.7 Å². The van der Waals surface area contributed by atoms with Crippen LogP contribution in [0, 0.1) is 5.82 Å². The number of rotatable bonds is 8. The molecular formula is C29H27FNNaO5. The van der Waals surface area contributed by atoms with Crippen LogP contribution in [0.25, 0.3) is 28.5 Å². The molecule has 0 bridgehead atoms. The first kappa shape index (κ1) is 27.5. The summed E-state index contributed by atoms with van der Waals surface area (Å²) >= 11 is 0. The second-order valence-corrected chi connectivity index (χ2v) is 9.38. The number of carboxylic acid groups (broad SMARTS) is 1. The Balaban J connectivity index is 0.00000320. The second-order valence-electron chi connectivity index (χ2n) is 9.38. The predicted molar refractivity (Wildman–Crippen MR) is 132 cm³/mol. The molecular weight excluding hydrogens is 484 g/mol. The van der Waals surface area contributed by atoms with Crippen LogP contribution < -0.4 is 39.4 Å². The average molecular weight is 512 g/mol. The van der Waals surface area contributed by atoms with E-state index < -0.39 is 24.6 Å². The van der Waals surface area contributed by atoms with Gasteiger partial charge in [0.25, 0.3) is 0 Å². The van der Waals surface area contributed by atoms with Crippen molar-refractivity contribution in [2.24, 2.45) is 0 Å². The van der Waals surface area contributed by atoms with Gasteiger partial charge >= 0.3 is 29.6 Å². The first-order valence-electron chi connectivity index (χ1n) is 12.2. The first-order chi connectivity index (χ1) is 17.4. The maximum Gasteiger partial charge on any atom is 1.00 e. The van der Waals surface area contributed by atoms with E-state index in [0.717, 1.165) is 57.8 Å². The summed E-state index contributed by atoms with van der Waals surface area (Å²) in [6.07, 6.45) is 3.01. The third kappa shape index (κ3) is 6.30. The van der Waals surface area contributed by atoms with Crippen molar-refractivity contribution < 1.29 is 58.8 Å². The Morgan fingerprint density at radius 2 is 1.89 bits per heavy atom. The number of aliphatic hydroxyl groups excluding tert-OH is 2. The number of fused-ring (bicyclic) bond motifs is 3. The number of ether oxygens (including phenoxy) is 1. The van der Waals surface area contributed by atoms with Gasteiger partial charge in [-0.2, -0.15) is 0 Å². The molecule has 2 heterocycles. The Hall–Kier alpha value is -2.55. The normalized spacial score (nSPS) is 16.1. The van der Waals surface area contributed by atoms with E-state index in [1.54, 1.807) is 24.3 Å². The van der Waals surface area contributed by atoms with E-state index in [9.17, 15) is 24.5 Å². The van der Waals surface area contributed by atoms with Gasteiger partial charge in [0, 0.05) is 42.3 Å². The largest absolute Gasteiger partial charge is 1.00 e. The zero-order valence-corrected chi connectivity index (χ0v) is 22.7. The number of hydrogen-bond acceptors (Lipinski definition) is 6. The molecule has 2 aliphatic rings. The number of para-hydroxylation sites is 1. The quantitative estimate of drug-likeness (QED) is 0.431. The van der Waals surface area contributed by atoms with Crippen molar-refractivity contribution in [3.63, 3.8) is 0 Å². The zero-order chi connectivity index (χ0) is 25.2. The van der Waals surface area contributed by atoms with Gasteiger partial charge in [-0.1, -0.05) is 36.4 Å². The topological polar surface area (TPSA) is 103 Å². The number of aromatic nitrogens is 1. The van der Waals surface area contributed by atoms with Crippen LogP contribution in [0.1, 0.15) is 48.4 Å². The van der Waals surface area contributed by atoms with Gasteiger partial charge in [0.15, 0.2) is 0 Å². The van der Waals surface area contributed by atoms with Gasteiger partial charge in [0.1, 0.15) is 11.6 Å². The molecule has 186 valence electrons. The van der Waals surface area contributed by atoms with Crippen LogP contribution in [-0.4, -0.2) is 40.0 Å². The molecule has 0 radical (unpaired) electrons. The van der Waals surface area contributed by atoms with Crippen molar-refractivity contribution in [2.45, 2.75) is 50.2 Å². The van der Waals surface area contributed by atoms with Crippen LogP contribution in [0.3, 0.4) is 0 Å². The van der Waals surface area contributed by atoms with E-state index in [1.807, 2.05) is 24.3 Å². The SMILES string of the molecule is O=C([O-])CC(O)CC(O)/C=C/c1c(C2CC2)nc2c(c1-c1ccc(F)cc1)CCOc1ccccc1-2.[Na+]. The molecule has 1 aromatic heterocycles. The molecule has 1 aliphatic carbocycles. The molecule has 6 nitrogen and oxygen atoms in total. The fraction of sp³-hybridized carbons (Fsp3) is 0.310. The Morgan fingerprint density at radius 1 is 1.16 bits per heavy atom. The number of carbonyl (C=O) groups is 1. The third-order valence-corrected chi connectivity index (χ3v) is 6.61. The number of halogens is 1. The van der Waals surface area contributed by atoms with Gasteiger partial charge in [-0.15, -0.1) is 0 Å². The number of carboxylic acids is 1. The molecule has 2 N–H and O–H groups in total. The molecule has 37 heavy (non-hydrogen) atoms. The molecule has 0 saturated heterocycles. The van der Waals surface area contributed by atoms with Crippen LogP contribution >= 0.6 is 0 Å². The van der Waals surface area contributed by atoms with Crippen LogP contribution in [0.15, 0.2) is 54.6 Å². The fourth-order valence-corrected chi connectivity index (χ4v) is 4.80. The minimum Gasteiger partial charge on any atom is -0.550 e. The van der Waals surface area contributed by atoms with Crippen LogP contribution in [-0.2, 0) is 11.2 Å². The Kier molecular flexibility index (Phi) is 8.82. The van der Waals surface area contributed by atoms with Gasteiger partial charge in [0.05, 0.1) is 30.2 Å². The van der Waals surface area contributed by atoms with Gasteiger partial charge in [0.2, 0.25) is 0 Å². The molecule has 1 aliphatic heterocycles. The summed E-state index contributed by atoms with van der Waals surface area (Å²) in [6.45, 7) is 0.462. The first-order valence-corrected chi connectivity index (χ1v) is 12.2. The summed E-state index contributed by atoms with van der Waals surface area (Å²) in [6, 6.07) is 14.2. The summed E-state index contributed by atoms with van der Waals surface area (Å²) in [7, 11) is 0. The number of carbonyl (C=O) groups excluding carboxylic acids is 1. The number of nitrogens with zero attached hydrogens (tertiary/aromatic N) is 1. The second kappa shape index (κ2) is 11.9. The molecule has 8 heteroatoms. The van der Waals surface area contributed by atoms with Gasteiger partial charge in [-0.05, 0) is 53.8 Å². The molecule has 0 amide bonds. The fourth-order valence-electron chi connectivity index (χ4n) is 4.80. The molecule has 2 atom stereocenters. The number of aliphatic carboxylic acids is 1. The summed E-state index contributed by atoms with van der Waals surface area (Å²) in [5.74, 6) is -0.655. The van der Waals surface area contributed by atoms with Gasteiger partial charge < -0.3 is 24.9 Å². The predicted octanol–water partition coefficient (Wildman–Crippen LogP) is 0.636. The molecule has 0 spiro atoms. The Labute approximate surface area is 237 Å². The van der Waals surface area contributed by atoms with E-state index in [0.29, 0.717) is 13.0 Å². The van der Waals surface area contributed by atoms with Gasteiger partial charge in [-0.25, -0.2) is 4.39 Å². The van der Waals surface area contributed by atoms with Crippen LogP contribution in [0.4, 0.5) is 4.39 Å². The van der Waals surface area contributed by atoms with Crippen LogP contribution in [0.2, 0.25) is 0 Å². The van der Waals surface area contributed by atoms with E-state index >= 15 is 0 Å². The number of hydrogen-bond donors (Lipinski definition) is 2. The monoisotopic (exact) mass is 511 g/mol. The van der Waals surface area contributed by atoms with Crippen molar-refractivity contribution in [1.29, 1.82) is 0 Å². The van der Waals surface area contributed by atoms with Crippen molar-refractivity contribution in [3.8, 4) is 28.1 Å². The van der Waals surface area contributed by atoms with Crippen molar-refractivity contribution in [3.05, 3.63) is 77.2 Å². The third-order valence-electron chi connectivity index (χ3n) is 6.61. The van der Waals surface area contributed by atoms with E-state index in [1.165, 1.54) is 12.1 Å². The van der Waals surface area contributed by atoms with Crippen molar-refractivity contribution in [2.75, 3.05) is 6.61 Å². The smallest absolute Gasteiger partial charge is 0.550 e. The average Bonchev–Trinajstić information content (AvgIpc) is 3.69. The van der Waals surface area contributed by atoms with Crippen molar-refractivity contribution >= 4 is 12.0 Å². The van der Waals surface area contributed by atoms with Crippen molar-refractivity contribution in [1.82, 2.24) is 4.98 Å². The molecule has 2 unspecified atom stereocenters. The number of benzene rings is 2. The number of aliphatic hydroxyl groups is 2. The maximum absolute atomic E-state index is 13.8. The molecule has 5 rings (SSSR count). The zero-order valence-electron chi connectivity index (χ0n) is 20.7.